The Morgan fingerprint density at radius 1 is 1.18 bits per heavy atom. The van der Waals surface area contributed by atoms with E-state index in [9.17, 15) is 9.18 Å². The van der Waals surface area contributed by atoms with Crippen LogP contribution in [0.25, 0.3) is 21.9 Å². The first-order valence-electron chi connectivity index (χ1n) is 11.7. The molecule has 3 aromatic rings. The maximum Gasteiger partial charge on any atom is 0.242 e. The van der Waals surface area contributed by atoms with Crippen LogP contribution in [0, 0.1) is 0 Å². The zero-order valence-corrected chi connectivity index (χ0v) is 19.2. The average molecular weight is 450 g/mol. The monoisotopic (exact) mass is 449 g/mol. The molecule has 0 radical (unpaired) electrons. The number of rotatable bonds is 9. The van der Waals surface area contributed by atoms with Crippen molar-refractivity contribution in [1.82, 2.24) is 15.1 Å². The van der Waals surface area contributed by atoms with Gasteiger partial charge in [0.2, 0.25) is 5.91 Å². The molecule has 1 saturated heterocycles. The van der Waals surface area contributed by atoms with E-state index in [1.54, 1.807) is 11.0 Å². The third-order valence-electron chi connectivity index (χ3n) is 6.28. The van der Waals surface area contributed by atoms with Gasteiger partial charge in [-0.25, -0.2) is 4.39 Å². The predicted octanol–water partition coefficient (Wildman–Crippen LogP) is 5.55. The molecule has 2 heterocycles. The van der Waals surface area contributed by atoms with Gasteiger partial charge in [-0.2, -0.15) is 0 Å². The van der Waals surface area contributed by atoms with Gasteiger partial charge in [0.25, 0.3) is 0 Å². The molecule has 0 saturated carbocycles. The quantitative estimate of drug-likeness (QED) is 0.435. The van der Waals surface area contributed by atoms with Crippen molar-refractivity contribution in [3.05, 3.63) is 72.6 Å². The summed E-state index contributed by atoms with van der Waals surface area (Å²) in [5.74, 6) is 0.811. The summed E-state index contributed by atoms with van der Waals surface area (Å²) in [7, 11) is 0. The van der Waals surface area contributed by atoms with Crippen LogP contribution in [0.3, 0.4) is 0 Å². The number of benzene rings is 2. The number of para-hydroxylation sites is 1. The van der Waals surface area contributed by atoms with Crippen molar-refractivity contribution in [1.29, 1.82) is 0 Å². The van der Waals surface area contributed by atoms with Crippen LogP contribution in [0.15, 0.2) is 71.4 Å². The summed E-state index contributed by atoms with van der Waals surface area (Å²) in [6.07, 6.45) is 7.19. The smallest absolute Gasteiger partial charge is 0.242 e. The molecule has 6 heteroatoms. The Kier molecular flexibility index (Phi) is 7.45. The molecule has 0 bridgehead atoms. The maximum absolute atomic E-state index is 14.1. The van der Waals surface area contributed by atoms with Crippen LogP contribution in [0.4, 0.5) is 4.39 Å². The molecular weight excluding hydrogens is 417 g/mol. The Bertz CT molecular complexity index is 1150. The van der Waals surface area contributed by atoms with Crippen LogP contribution < -0.4 is 5.32 Å². The second kappa shape index (κ2) is 10.7. The van der Waals surface area contributed by atoms with Crippen LogP contribution in [-0.4, -0.2) is 48.6 Å². The lowest BCUT2D eigenvalue weighted by Crippen LogP contribution is -2.45. The number of likely N-dealkylation sites (tertiary alicyclic amines) is 1. The van der Waals surface area contributed by atoms with Crippen LogP contribution in [-0.2, 0) is 4.79 Å². The zero-order chi connectivity index (χ0) is 23.2. The standard InChI is InChI=1S/C27H32FN3O2/c1-3-14-31(26(4-2)30-15-8-5-9-16-30)27(32)19-29-23(18-28)20-12-13-25-22(17-20)21-10-6-7-11-24(21)33-25/h3-4,6-7,10-13,17,23,29H,1,5,8-9,14-16,18-19H2,2H3/b26-4-. The molecule has 1 unspecified atom stereocenters. The number of hydrogen-bond donors (Lipinski definition) is 1. The largest absolute Gasteiger partial charge is 0.456 e. The summed E-state index contributed by atoms with van der Waals surface area (Å²) < 4.78 is 19.9. The van der Waals surface area contributed by atoms with Gasteiger partial charge >= 0.3 is 0 Å². The number of fused-ring (bicyclic) bond motifs is 3. The fourth-order valence-corrected chi connectivity index (χ4v) is 4.61. The number of hydrogen-bond acceptors (Lipinski definition) is 4. The number of halogens is 1. The highest BCUT2D eigenvalue weighted by molar-refractivity contribution is 6.05. The van der Waals surface area contributed by atoms with E-state index in [2.05, 4.69) is 16.8 Å². The van der Waals surface area contributed by atoms with Gasteiger partial charge in [0, 0.05) is 30.4 Å². The number of piperidine rings is 1. The number of allylic oxidation sites excluding steroid dienone is 1. The Morgan fingerprint density at radius 2 is 1.94 bits per heavy atom. The van der Waals surface area contributed by atoms with E-state index in [0.717, 1.165) is 59.3 Å². The van der Waals surface area contributed by atoms with Crippen molar-refractivity contribution in [3.8, 4) is 0 Å². The lowest BCUT2D eigenvalue weighted by Gasteiger charge is -2.37. The molecule has 4 rings (SSSR count). The van der Waals surface area contributed by atoms with Gasteiger partial charge < -0.3 is 9.32 Å². The van der Waals surface area contributed by atoms with Gasteiger partial charge in [0.05, 0.1) is 12.6 Å². The number of carbonyl (C=O) groups excluding carboxylic acids is 1. The number of nitrogens with one attached hydrogen (secondary N) is 1. The van der Waals surface area contributed by atoms with E-state index in [-0.39, 0.29) is 12.5 Å². The zero-order valence-electron chi connectivity index (χ0n) is 19.2. The first kappa shape index (κ1) is 23.1. The Balaban J connectivity index is 1.50. The molecule has 1 aliphatic heterocycles. The number of carbonyl (C=O) groups is 1. The number of alkyl halides is 1. The topological polar surface area (TPSA) is 48.7 Å². The summed E-state index contributed by atoms with van der Waals surface area (Å²) >= 11 is 0. The molecule has 1 amide bonds. The second-order valence-electron chi connectivity index (χ2n) is 8.43. The van der Waals surface area contributed by atoms with Crippen molar-refractivity contribution >= 4 is 27.8 Å². The maximum atomic E-state index is 14.1. The molecule has 33 heavy (non-hydrogen) atoms. The molecule has 2 aromatic carbocycles. The van der Waals surface area contributed by atoms with Gasteiger partial charge in [-0.15, -0.1) is 6.58 Å². The highest BCUT2D eigenvalue weighted by atomic mass is 19.1. The average Bonchev–Trinajstić information content (AvgIpc) is 3.23. The van der Waals surface area contributed by atoms with Gasteiger partial charge in [0.1, 0.15) is 23.7 Å². The third-order valence-corrected chi connectivity index (χ3v) is 6.28. The normalized spacial score (nSPS) is 15.7. The van der Waals surface area contributed by atoms with Gasteiger partial charge in [0.15, 0.2) is 0 Å². The predicted molar refractivity (Wildman–Crippen MR) is 132 cm³/mol. The first-order chi connectivity index (χ1) is 16.2. The van der Waals surface area contributed by atoms with Gasteiger partial charge in [-0.3, -0.25) is 15.0 Å². The Hall–Kier alpha value is -3.12. The minimum Gasteiger partial charge on any atom is -0.456 e. The SMILES string of the molecule is C=CCN(C(=O)CNC(CF)c1ccc2oc3ccccc3c2c1)/C(=C\C)N1CCCCC1. The Morgan fingerprint density at radius 3 is 2.67 bits per heavy atom. The lowest BCUT2D eigenvalue weighted by atomic mass is 10.0. The van der Waals surface area contributed by atoms with Crippen LogP contribution >= 0.6 is 0 Å². The highest BCUT2D eigenvalue weighted by Gasteiger charge is 2.24. The van der Waals surface area contributed by atoms with Crippen LogP contribution in [0.1, 0.15) is 37.8 Å². The van der Waals surface area contributed by atoms with E-state index >= 15 is 0 Å². The fourth-order valence-electron chi connectivity index (χ4n) is 4.61. The molecular formula is C27H32FN3O2. The molecule has 5 nitrogen and oxygen atoms in total. The Labute approximate surface area is 194 Å². The van der Waals surface area contributed by atoms with E-state index in [4.69, 9.17) is 4.42 Å². The van der Waals surface area contributed by atoms with Crippen LogP contribution in [0.5, 0.6) is 0 Å². The molecule has 1 N–H and O–H groups in total. The van der Waals surface area contributed by atoms with Gasteiger partial charge in [-0.05, 0) is 56.0 Å². The van der Waals surface area contributed by atoms with E-state index < -0.39 is 12.7 Å². The molecule has 1 aliphatic rings. The summed E-state index contributed by atoms with van der Waals surface area (Å²) in [6, 6.07) is 12.9. The fraction of sp³-hybridized carbons (Fsp3) is 0.370. The van der Waals surface area contributed by atoms with Gasteiger partial charge in [-0.1, -0.05) is 30.3 Å². The van der Waals surface area contributed by atoms with E-state index in [1.165, 1.54) is 6.42 Å². The van der Waals surface area contributed by atoms with E-state index in [1.807, 2.05) is 55.5 Å². The molecule has 1 aromatic heterocycles. The summed E-state index contributed by atoms with van der Waals surface area (Å²) in [6.45, 7) is 7.51. The van der Waals surface area contributed by atoms with E-state index in [0.29, 0.717) is 6.54 Å². The molecule has 0 aliphatic carbocycles. The van der Waals surface area contributed by atoms with Crippen molar-refractivity contribution in [3.63, 3.8) is 0 Å². The van der Waals surface area contributed by atoms with Crippen molar-refractivity contribution in [2.45, 2.75) is 32.2 Å². The van der Waals surface area contributed by atoms with Crippen molar-refractivity contribution in [2.24, 2.45) is 0 Å². The number of furan rings is 1. The lowest BCUT2D eigenvalue weighted by molar-refractivity contribution is -0.129. The molecule has 174 valence electrons. The first-order valence-corrected chi connectivity index (χ1v) is 11.7. The molecule has 0 spiro atoms. The second-order valence-corrected chi connectivity index (χ2v) is 8.43. The minimum absolute atomic E-state index is 0.0395. The molecule has 1 atom stereocenters. The summed E-state index contributed by atoms with van der Waals surface area (Å²) in [5, 5.41) is 5.08. The summed E-state index contributed by atoms with van der Waals surface area (Å²) in [5.41, 5.74) is 2.37. The summed E-state index contributed by atoms with van der Waals surface area (Å²) in [4.78, 5) is 17.2. The highest BCUT2D eigenvalue weighted by Crippen LogP contribution is 2.30. The number of nitrogens with zero attached hydrogens (tertiary/aromatic N) is 2. The number of amides is 1. The van der Waals surface area contributed by atoms with Crippen molar-refractivity contribution < 1.29 is 13.6 Å². The third kappa shape index (κ3) is 4.96. The van der Waals surface area contributed by atoms with Crippen LogP contribution in [0.2, 0.25) is 0 Å². The minimum atomic E-state index is -0.612. The molecule has 1 fully saturated rings. The van der Waals surface area contributed by atoms with Crippen molar-refractivity contribution in [2.75, 3.05) is 32.9 Å².